The quantitative estimate of drug-likeness (QED) is 0.801. The zero-order chi connectivity index (χ0) is 18.0. The van der Waals surface area contributed by atoms with Crippen LogP contribution in [0.15, 0.2) is 24.3 Å². The Kier molecular flexibility index (Phi) is 4.85. The first-order valence-electron chi connectivity index (χ1n) is 8.30. The highest BCUT2D eigenvalue weighted by molar-refractivity contribution is 7.93. The van der Waals surface area contributed by atoms with Crippen LogP contribution >= 0.6 is 0 Å². The number of piperazine rings is 1. The summed E-state index contributed by atoms with van der Waals surface area (Å²) in [7, 11) is -3.23. The molecule has 1 aromatic carbocycles. The smallest absolute Gasteiger partial charge is 0.318 e. The topological polar surface area (TPSA) is 98.8 Å². The first-order valence-corrected chi connectivity index (χ1v) is 9.91. The molecular formula is C16H22N4O4S. The summed E-state index contributed by atoms with van der Waals surface area (Å²) in [4.78, 5) is 25.4. The number of benzene rings is 1. The third-order valence-corrected chi connectivity index (χ3v) is 6.37. The van der Waals surface area contributed by atoms with Crippen LogP contribution in [0.4, 0.5) is 10.5 Å². The Morgan fingerprint density at radius 1 is 1.36 bits per heavy atom. The van der Waals surface area contributed by atoms with Gasteiger partial charge in [-0.15, -0.1) is 0 Å². The second-order valence-corrected chi connectivity index (χ2v) is 8.24. The van der Waals surface area contributed by atoms with Crippen LogP contribution in [-0.2, 0) is 21.4 Å². The fourth-order valence-corrected chi connectivity index (χ4v) is 4.65. The van der Waals surface area contributed by atoms with Crippen LogP contribution in [0.25, 0.3) is 0 Å². The molecule has 1 atom stereocenters. The van der Waals surface area contributed by atoms with E-state index in [1.165, 1.54) is 9.21 Å². The van der Waals surface area contributed by atoms with E-state index in [0.29, 0.717) is 31.7 Å². The Morgan fingerprint density at radius 3 is 2.88 bits per heavy atom. The molecule has 0 aromatic heterocycles. The standard InChI is InChI=1S/C16H22N4O4S/c1-12-15(21)17-6-8-19(12)16(22)18-11-13-4-2-5-14(10-13)20-7-3-9-25(20,23)24/h2,4-5,10,12H,3,6-9,11H2,1H3,(H,17,21)(H,18,22). The lowest BCUT2D eigenvalue weighted by atomic mass is 10.2. The van der Waals surface area contributed by atoms with Gasteiger partial charge in [-0.1, -0.05) is 12.1 Å². The van der Waals surface area contributed by atoms with Gasteiger partial charge in [-0.3, -0.25) is 9.10 Å². The summed E-state index contributed by atoms with van der Waals surface area (Å²) in [5, 5.41) is 5.51. The van der Waals surface area contributed by atoms with E-state index >= 15 is 0 Å². The maximum absolute atomic E-state index is 12.3. The van der Waals surface area contributed by atoms with Gasteiger partial charge in [-0.25, -0.2) is 13.2 Å². The molecule has 0 bridgehead atoms. The number of urea groups is 1. The predicted octanol–water partition coefficient (Wildman–Crippen LogP) is 0.256. The monoisotopic (exact) mass is 366 g/mol. The Bertz CT molecular complexity index is 780. The lowest BCUT2D eigenvalue weighted by Crippen LogP contribution is -2.58. The van der Waals surface area contributed by atoms with Crippen LogP contribution in [0.3, 0.4) is 0 Å². The molecule has 1 unspecified atom stereocenters. The van der Waals surface area contributed by atoms with E-state index in [-0.39, 0.29) is 24.2 Å². The molecule has 3 amide bonds. The van der Waals surface area contributed by atoms with Gasteiger partial charge in [0.25, 0.3) is 0 Å². The predicted molar refractivity (Wildman–Crippen MR) is 93.6 cm³/mol. The molecule has 2 N–H and O–H groups in total. The highest BCUT2D eigenvalue weighted by atomic mass is 32.2. The molecule has 2 aliphatic heterocycles. The van der Waals surface area contributed by atoms with Gasteiger partial charge in [0, 0.05) is 26.2 Å². The first-order chi connectivity index (χ1) is 11.9. The van der Waals surface area contributed by atoms with Gasteiger partial charge in [0.05, 0.1) is 11.4 Å². The van der Waals surface area contributed by atoms with E-state index < -0.39 is 16.1 Å². The molecule has 136 valence electrons. The van der Waals surface area contributed by atoms with Crippen molar-refractivity contribution in [2.45, 2.75) is 25.9 Å². The molecule has 2 fully saturated rings. The van der Waals surface area contributed by atoms with Gasteiger partial charge in [0.15, 0.2) is 0 Å². The molecule has 8 nitrogen and oxygen atoms in total. The Hall–Kier alpha value is -2.29. The van der Waals surface area contributed by atoms with Crippen molar-refractivity contribution in [1.29, 1.82) is 0 Å². The third kappa shape index (κ3) is 3.71. The molecule has 2 aliphatic rings. The van der Waals surface area contributed by atoms with E-state index in [2.05, 4.69) is 10.6 Å². The van der Waals surface area contributed by atoms with Gasteiger partial charge < -0.3 is 15.5 Å². The number of carbonyl (C=O) groups excluding carboxylic acids is 2. The van der Waals surface area contributed by atoms with Crippen molar-refractivity contribution in [3.8, 4) is 0 Å². The second kappa shape index (κ2) is 6.91. The van der Waals surface area contributed by atoms with Crippen LogP contribution < -0.4 is 14.9 Å². The fraction of sp³-hybridized carbons (Fsp3) is 0.500. The summed E-state index contributed by atoms with van der Waals surface area (Å²) < 4.78 is 25.5. The molecule has 9 heteroatoms. The van der Waals surface area contributed by atoms with E-state index in [1.807, 2.05) is 6.07 Å². The van der Waals surface area contributed by atoms with E-state index in [4.69, 9.17) is 0 Å². The first kappa shape index (κ1) is 17.5. The van der Waals surface area contributed by atoms with E-state index in [0.717, 1.165) is 5.56 Å². The third-order valence-electron chi connectivity index (χ3n) is 4.50. The summed E-state index contributed by atoms with van der Waals surface area (Å²) in [6.45, 7) is 3.35. The van der Waals surface area contributed by atoms with Crippen molar-refractivity contribution in [1.82, 2.24) is 15.5 Å². The van der Waals surface area contributed by atoms with Crippen molar-refractivity contribution in [3.05, 3.63) is 29.8 Å². The minimum absolute atomic E-state index is 0.164. The highest BCUT2D eigenvalue weighted by Crippen LogP contribution is 2.24. The molecule has 3 rings (SSSR count). The molecule has 1 aromatic rings. The van der Waals surface area contributed by atoms with Crippen molar-refractivity contribution in [3.63, 3.8) is 0 Å². The number of carbonyl (C=O) groups is 2. The van der Waals surface area contributed by atoms with Gasteiger partial charge in [0.2, 0.25) is 15.9 Å². The van der Waals surface area contributed by atoms with Crippen LogP contribution in [0.1, 0.15) is 18.9 Å². The summed E-state index contributed by atoms with van der Waals surface area (Å²) in [6.07, 6.45) is 0.623. The van der Waals surface area contributed by atoms with Crippen LogP contribution in [0, 0.1) is 0 Å². The second-order valence-electron chi connectivity index (χ2n) is 6.23. The summed E-state index contributed by atoms with van der Waals surface area (Å²) in [5.41, 5.74) is 1.43. The normalized spacial score (nSPS) is 22.6. The van der Waals surface area contributed by atoms with Crippen molar-refractivity contribution < 1.29 is 18.0 Å². The Labute approximate surface area is 147 Å². The highest BCUT2D eigenvalue weighted by Gasteiger charge is 2.30. The lowest BCUT2D eigenvalue weighted by Gasteiger charge is -2.32. The molecule has 2 heterocycles. The van der Waals surface area contributed by atoms with Gasteiger partial charge in [-0.05, 0) is 31.0 Å². The Balaban J connectivity index is 1.65. The molecule has 2 saturated heterocycles. The van der Waals surface area contributed by atoms with Crippen molar-refractivity contribution >= 4 is 27.6 Å². The van der Waals surface area contributed by atoms with Crippen molar-refractivity contribution in [2.24, 2.45) is 0 Å². The fourth-order valence-electron chi connectivity index (χ4n) is 3.09. The van der Waals surface area contributed by atoms with Gasteiger partial charge >= 0.3 is 6.03 Å². The molecule has 25 heavy (non-hydrogen) atoms. The number of hydrogen-bond donors (Lipinski definition) is 2. The maximum atomic E-state index is 12.3. The molecular weight excluding hydrogens is 344 g/mol. The summed E-state index contributed by atoms with van der Waals surface area (Å²) >= 11 is 0. The molecule has 0 radical (unpaired) electrons. The van der Waals surface area contributed by atoms with Gasteiger partial charge in [0.1, 0.15) is 6.04 Å². The van der Waals surface area contributed by atoms with Crippen LogP contribution in [-0.4, -0.2) is 56.7 Å². The SMILES string of the molecule is CC1C(=O)NCCN1C(=O)NCc1cccc(N2CCCS2(=O)=O)c1. The zero-order valence-corrected chi connectivity index (χ0v) is 14.9. The number of rotatable bonds is 3. The number of hydrogen-bond acceptors (Lipinski definition) is 4. The summed E-state index contributed by atoms with van der Waals surface area (Å²) in [5.74, 6) is 0.00530. The average Bonchev–Trinajstić information content (AvgIpc) is 2.94. The van der Waals surface area contributed by atoms with Crippen LogP contribution in [0.5, 0.6) is 0 Å². The molecule has 0 saturated carbocycles. The molecule has 0 spiro atoms. The molecule has 0 aliphatic carbocycles. The summed E-state index contributed by atoms with van der Waals surface area (Å²) in [6, 6.07) is 6.33. The number of nitrogens with zero attached hydrogens (tertiary/aromatic N) is 2. The largest absolute Gasteiger partial charge is 0.353 e. The minimum atomic E-state index is -3.23. The lowest BCUT2D eigenvalue weighted by molar-refractivity contribution is -0.126. The van der Waals surface area contributed by atoms with E-state index in [9.17, 15) is 18.0 Å². The average molecular weight is 366 g/mol. The minimum Gasteiger partial charge on any atom is -0.353 e. The zero-order valence-electron chi connectivity index (χ0n) is 14.1. The number of nitrogens with one attached hydrogen (secondary N) is 2. The van der Waals surface area contributed by atoms with Gasteiger partial charge in [-0.2, -0.15) is 0 Å². The van der Waals surface area contributed by atoms with Crippen LogP contribution in [0.2, 0.25) is 0 Å². The van der Waals surface area contributed by atoms with Crippen molar-refractivity contribution in [2.75, 3.05) is 29.7 Å². The Morgan fingerprint density at radius 2 is 2.16 bits per heavy atom. The number of sulfonamides is 1. The number of anilines is 1. The van der Waals surface area contributed by atoms with E-state index in [1.54, 1.807) is 25.1 Å². The maximum Gasteiger partial charge on any atom is 0.318 e. The number of amides is 3.